The maximum Gasteiger partial charge on any atom is 0.481 e. The Labute approximate surface area is 431 Å². The van der Waals surface area contributed by atoms with E-state index in [1.54, 1.807) is 6.08 Å². The Morgan fingerprint density at radius 1 is 0.726 bits per heavy atom. The minimum atomic E-state index is -5.47. The lowest BCUT2D eigenvalue weighted by molar-refractivity contribution is -0.161. The first-order chi connectivity index (χ1) is 35.1. The average Bonchev–Trinajstić information content (AvgIpc) is 3.62. The number of hydrogen-bond acceptors (Lipinski definition) is 16. The van der Waals surface area contributed by atoms with Crippen molar-refractivity contribution in [3.8, 4) is 0 Å². The van der Waals surface area contributed by atoms with Crippen LogP contribution < -0.4 is 11.4 Å². The molecule has 0 bridgehead atoms. The van der Waals surface area contributed by atoms with Gasteiger partial charge in [0.25, 0.3) is 0 Å². The quantitative estimate of drug-likeness (QED) is 0.0117. The number of anilines is 1. The SMILES string of the molecule is CCCCC/C=C\C=C/[C@@H](O)C/C=C\C/C=C/CCCC(=O)OC[C@H](COP(=O)(O)OP(=O)(O)OC[C@H]1O[C@@H](n2ccc(N)nc2=O)[C@H](O)[C@@H]1O)OC(=O)CCC/C=C\C/C=C\C/C=C\C/C=C\CCCCC. The lowest BCUT2D eigenvalue weighted by Gasteiger charge is -2.21. The van der Waals surface area contributed by atoms with Crippen molar-refractivity contribution in [3.05, 3.63) is 120 Å². The second kappa shape index (κ2) is 39.1. The minimum absolute atomic E-state index is 0.000218. The fourth-order valence-electron chi connectivity index (χ4n) is 6.73. The number of esters is 2. The Balaban J connectivity index is 1.87. The third-order valence-electron chi connectivity index (χ3n) is 10.7. The van der Waals surface area contributed by atoms with Gasteiger partial charge in [-0.2, -0.15) is 9.29 Å². The summed E-state index contributed by atoms with van der Waals surface area (Å²) in [6, 6.07) is 1.24. The van der Waals surface area contributed by atoms with Crippen molar-refractivity contribution in [1.29, 1.82) is 0 Å². The maximum atomic E-state index is 12.8. The molecule has 0 aromatic carbocycles. The molecule has 410 valence electrons. The van der Waals surface area contributed by atoms with Crippen molar-refractivity contribution in [3.63, 3.8) is 0 Å². The monoisotopic (exact) mass is 1070 g/mol. The van der Waals surface area contributed by atoms with Crippen LogP contribution >= 0.6 is 15.6 Å². The number of nitrogens with zero attached hydrogens (tertiary/aromatic N) is 2. The molecule has 0 aliphatic carbocycles. The first-order valence-corrected chi connectivity index (χ1v) is 28.3. The number of rotatable bonds is 40. The number of phosphoric ester groups is 2. The highest BCUT2D eigenvalue weighted by Gasteiger charge is 2.46. The van der Waals surface area contributed by atoms with Crippen LogP contribution in [0.4, 0.5) is 5.82 Å². The minimum Gasteiger partial charge on any atom is -0.462 e. The van der Waals surface area contributed by atoms with Gasteiger partial charge in [0.1, 0.15) is 30.7 Å². The van der Waals surface area contributed by atoms with Crippen LogP contribution in [0, 0.1) is 0 Å². The predicted molar refractivity (Wildman–Crippen MR) is 281 cm³/mol. The van der Waals surface area contributed by atoms with Crippen molar-refractivity contribution < 1.29 is 71.4 Å². The van der Waals surface area contributed by atoms with Crippen LogP contribution in [0.3, 0.4) is 0 Å². The predicted octanol–water partition coefficient (Wildman–Crippen LogP) is 9.41. The molecular weight excluding hydrogens is 985 g/mol. The number of ether oxygens (including phenoxy) is 3. The number of nitrogens with two attached hydrogens (primary N) is 1. The Morgan fingerprint density at radius 3 is 1.85 bits per heavy atom. The molecular formula is C52H81N3O16P2. The van der Waals surface area contributed by atoms with Crippen molar-refractivity contribution in [1.82, 2.24) is 9.55 Å². The number of carbonyl (C=O) groups excluding carboxylic acids is 2. The van der Waals surface area contributed by atoms with Crippen LogP contribution in [0.2, 0.25) is 0 Å². The van der Waals surface area contributed by atoms with E-state index in [0.717, 1.165) is 49.3 Å². The molecule has 1 aliphatic rings. The Morgan fingerprint density at radius 2 is 1.26 bits per heavy atom. The lowest BCUT2D eigenvalue weighted by Crippen LogP contribution is -2.36. The van der Waals surface area contributed by atoms with E-state index in [9.17, 15) is 48.6 Å². The summed E-state index contributed by atoms with van der Waals surface area (Å²) < 4.78 is 56.6. The highest BCUT2D eigenvalue weighted by molar-refractivity contribution is 7.61. The number of aliphatic hydroxyl groups is 3. The second-order valence-electron chi connectivity index (χ2n) is 17.2. The van der Waals surface area contributed by atoms with E-state index in [2.05, 4.69) is 59.6 Å². The van der Waals surface area contributed by atoms with E-state index in [0.29, 0.717) is 38.5 Å². The zero-order valence-corrected chi connectivity index (χ0v) is 44.3. The molecule has 73 heavy (non-hydrogen) atoms. The van der Waals surface area contributed by atoms with E-state index < -0.39 is 89.8 Å². The van der Waals surface area contributed by atoms with E-state index in [4.69, 9.17) is 29.0 Å². The number of unbranched alkanes of at least 4 members (excludes halogenated alkanes) is 8. The molecule has 0 saturated carbocycles. The molecule has 7 N–H and O–H groups in total. The van der Waals surface area contributed by atoms with Gasteiger partial charge in [-0.15, -0.1) is 0 Å². The number of allylic oxidation sites excluding steroid dienone is 14. The molecule has 1 aromatic rings. The first kappa shape index (κ1) is 64.8. The maximum absolute atomic E-state index is 12.8. The van der Waals surface area contributed by atoms with Gasteiger partial charge in [0.15, 0.2) is 12.3 Å². The van der Waals surface area contributed by atoms with Crippen LogP contribution in [0.5, 0.6) is 0 Å². The zero-order chi connectivity index (χ0) is 53.6. The van der Waals surface area contributed by atoms with Crippen molar-refractivity contribution in [2.75, 3.05) is 25.6 Å². The first-order valence-electron chi connectivity index (χ1n) is 25.4. The third-order valence-corrected chi connectivity index (χ3v) is 13.3. The normalized spacial score (nSPS) is 20.2. The van der Waals surface area contributed by atoms with Crippen LogP contribution in [0.15, 0.2) is 114 Å². The standard InChI is InChI=1S/C52H81N3O16P2/c1-3-5-7-9-11-12-13-14-15-16-17-18-19-20-24-29-33-37-48(58)69-44(40-66-47(57)36-32-28-25-21-23-27-31-35-43(56)34-30-26-22-10-8-6-4-2)41-67-72(62,63)71-73(64,65)68-42-45-49(59)50(60)51(70-45)55-39-38-46(53)54-52(55)61/h11-12,14-15,17-18,20-22,24-27,30-31,34,38-39,43-45,49-51,56,59-60H,3-10,13,16,19,23,28-29,32-33,35-37,40-42H2,1-2H3,(H,62,63)(H,64,65)(H2,53,54,61)/b12-11-,15-14-,18-17-,24-20-,25-21+,26-22-,31-27-,34-30-/t43-,44-,45-,49-,50-,51-/m1/s1. The summed E-state index contributed by atoms with van der Waals surface area (Å²) in [7, 11) is -10.9. The highest BCUT2D eigenvalue weighted by atomic mass is 31.3. The van der Waals surface area contributed by atoms with Gasteiger partial charge in [-0.3, -0.25) is 23.2 Å². The summed E-state index contributed by atoms with van der Waals surface area (Å²) in [6.45, 7) is 1.89. The molecule has 0 radical (unpaired) electrons. The number of carbonyl (C=O) groups is 2. The summed E-state index contributed by atoms with van der Waals surface area (Å²) in [5, 5.41) is 31.0. The second-order valence-corrected chi connectivity index (χ2v) is 20.2. The van der Waals surface area contributed by atoms with Gasteiger partial charge in [0.2, 0.25) is 0 Å². The summed E-state index contributed by atoms with van der Waals surface area (Å²) in [4.78, 5) is 61.9. The third kappa shape index (κ3) is 31.9. The average molecular weight is 1070 g/mol. The molecule has 2 heterocycles. The summed E-state index contributed by atoms with van der Waals surface area (Å²) in [5.74, 6) is -1.49. The van der Waals surface area contributed by atoms with Gasteiger partial charge in [0.05, 0.1) is 19.3 Å². The van der Waals surface area contributed by atoms with E-state index >= 15 is 0 Å². The molecule has 8 atom stereocenters. The van der Waals surface area contributed by atoms with Gasteiger partial charge in [-0.25, -0.2) is 13.9 Å². The van der Waals surface area contributed by atoms with E-state index in [-0.39, 0.29) is 18.7 Å². The van der Waals surface area contributed by atoms with Crippen molar-refractivity contribution in [2.24, 2.45) is 0 Å². The molecule has 1 aliphatic heterocycles. The summed E-state index contributed by atoms with van der Waals surface area (Å²) in [5.41, 5.74) is 4.57. The number of aromatic nitrogens is 2. The largest absolute Gasteiger partial charge is 0.481 e. The fourth-order valence-corrected chi connectivity index (χ4v) is 8.84. The molecule has 19 nitrogen and oxygen atoms in total. The van der Waals surface area contributed by atoms with Crippen LogP contribution in [-0.2, 0) is 46.3 Å². The zero-order valence-electron chi connectivity index (χ0n) is 42.5. The van der Waals surface area contributed by atoms with Gasteiger partial charge in [-0.1, -0.05) is 137 Å². The van der Waals surface area contributed by atoms with Crippen LogP contribution in [0.25, 0.3) is 0 Å². The Bertz CT molecular complexity index is 2120. The molecule has 1 aromatic heterocycles. The van der Waals surface area contributed by atoms with Gasteiger partial charge in [-0.05, 0) is 89.5 Å². The molecule has 1 saturated heterocycles. The van der Waals surface area contributed by atoms with Gasteiger partial charge >= 0.3 is 33.3 Å². The molecule has 0 spiro atoms. The van der Waals surface area contributed by atoms with E-state index in [1.807, 2.05) is 54.7 Å². The van der Waals surface area contributed by atoms with Crippen LogP contribution in [-0.4, -0.2) is 96.9 Å². The van der Waals surface area contributed by atoms with Crippen molar-refractivity contribution >= 4 is 33.4 Å². The van der Waals surface area contributed by atoms with E-state index in [1.165, 1.54) is 38.2 Å². The fraction of sp³-hybridized carbons (Fsp3) is 0.577. The van der Waals surface area contributed by atoms with Gasteiger partial charge < -0.3 is 45.1 Å². The Hall–Kier alpha value is -4.36. The number of phosphoric acid groups is 2. The Kier molecular flexibility index (Phi) is 34.7. The summed E-state index contributed by atoms with van der Waals surface area (Å²) in [6.07, 6.45) is 39.5. The number of aliphatic hydroxyl groups excluding tert-OH is 3. The number of nitrogen functional groups attached to an aromatic ring is 1. The summed E-state index contributed by atoms with van der Waals surface area (Å²) >= 11 is 0. The van der Waals surface area contributed by atoms with Crippen molar-refractivity contribution in [2.45, 2.75) is 173 Å². The van der Waals surface area contributed by atoms with Gasteiger partial charge in [0, 0.05) is 19.0 Å². The topological polar surface area (TPSA) is 286 Å². The van der Waals surface area contributed by atoms with Crippen LogP contribution in [0.1, 0.15) is 142 Å². The molecule has 0 amide bonds. The molecule has 2 rings (SSSR count). The molecule has 21 heteroatoms. The highest BCUT2D eigenvalue weighted by Crippen LogP contribution is 2.60. The number of hydrogen-bond donors (Lipinski definition) is 6. The smallest absolute Gasteiger partial charge is 0.462 e. The molecule has 1 fully saturated rings. The molecule has 2 unspecified atom stereocenters. The lowest BCUT2D eigenvalue weighted by atomic mass is 10.1.